The molecule has 0 spiro atoms. The first kappa shape index (κ1) is 15.9. The van der Waals surface area contributed by atoms with Crippen molar-refractivity contribution in [2.45, 2.75) is 13.2 Å². The normalized spacial score (nSPS) is 11.9. The van der Waals surface area contributed by atoms with Crippen molar-refractivity contribution in [3.8, 4) is 0 Å². The number of nitro benzene ring substituents is 1. The number of non-ortho nitro benzene ring substituents is 1. The van der Waals surface area contributed by atoms with Gasteiger partial charge in [0, 0.05) is 11.5 Å². The van der Waals surface area contributed by atoms with Crippen molar-refractivity contribution in [1.29, 1.82) is 0 Å². The maximum atomic E-state index is 11.3. The van der Waals surface area contributed by atoms with E-state index in [1.807, 2.05) is 24.3 Å². The minimum Gasteiger partial charge on any atom is -0.374 e. The molecule has 0 radical (unpaired) electrons. The van der Waals surface area contributed by atoms with Crippen molar-refractivity contribution in [3.05, 3.63) is 52.6 Å². The Morgan fingerprint density at radius 1 is 1.18 bits per heavy atom. The fourth-order valence-electron chi connectivity index (χ4n) is 2.44. The van der Waals surface area contributed by atoms with Gasteiger partial charge < -0.3 is 10.4 Å². The number of benzene rings is 2. The summed E-state index contributed by atoms with van der Waals surface area (Å²) in [6.45, 7) is 1.57. The summed E-state index contributed by atoms with van der Waals surface area (Å²) in [7, 11) is 0. The lowest BCUT2D eigenvalue weighted by molar-refractivity contribution is -0.383. The Bertz CT molecular complexity index is 852. The van der Waals surface area contributed by atoms with E-state index in [4.69, 9.17) is 0 Å². The van der Waals surface area contributed by atoms with E-state index >= 15 is 0 Å². The molecule has 3 aromatic rings. The molecule has 1 atom stereocenters. The molecule has 0 aliphatic rings. The molecular formula is C15H14ClN3O3. The number of hydrogen-bond donors (Lipinski definition) is 2. The summed E-state index contributed by atoms with van der Waals surface area (Å²) in [4.78, 5) is 15.3. The van der Waals surface area contributed by atoms with Crippen LogP contribution in [0.2, 0.25) is 0 Å². The highest BCUT2D eigenvalue weighted by atomic mass is 35.5. The van der Waals surface area contributed by atoms with Crippen LogP contribution in [-0.4, -0.2) is 21.2 Å². The number of nitrogens with zero attached hydrogens (tertiary/aromatic N) is 2. The molecule has 0 saturated heterocycles. The zero-order valence-corrected chi connectivity index (χ0v) is 12.5. The number of aromatic nitrogens is 1. The third-order valence-electron chi connectivity index (χ3n) is 3.23. The lowest BCUT2D eigenvalue weighted by Crippen LogP contribution is -2.14. The third kappa shape index (κ3) is 2.66. The molecule has 0 fully saturated rings. The summed E-state index contributed by atoms with van der Waals surface area (Å²) in [6.07, 6.45) is -0.834. The maximum Gasteiger partial charge on any atom is 0.280 e. The maximum absolute atomic E-state index is 11.3. The van der Waals surface area contributed by atoms with Gasteiger partial charge in [-0.05, 0) is 19.1 Å². The Labute approximate surface area is 132 Å². The van der Waals surface area contributed by atoms with Crippen LogP contribution in [0, 0.1) is 10.1 Å². The highest BCUT2D eigenvalue weighted by Gasteiger charge is 2.19. The van der Waals surface area contributed by atoms with Gasteiger partial charge in [0.25, 0.3) is 5.69 Å². The zero-order valence-electron chi connectivity index (χ0n) is 11.7. The number of para-hydroxylation sites is 1. The Hall–Kier alpha value is -2.44. The number of pyridine rings is 1. The van der Waals surface area contributed by atoms with Gasteiger partial charge in [-0.2, -0.15) is 0 Å². The van der Waals surface area contributed by atoms with E-state index in [1.165, 1.54) is 6.07 Å². The monoisotopic (exact) mass is 319 g/mol. The number of nitro groups is 1. The first-order chi connectivity index (χ1) is 10.1. The smallest absolute Gasteiger partial charge is 0.280 e. The summed E-state index contributed by atoms with van der Waals surface area (Å²) in [6, 6.07) is 12.1. The number of hydrogen-bond acceptors (Lipinski definition) is 5. The van der Waals surface area contributed by atoms with E-state index in [9.17, 15) is 15.2 Å². The molecular weight excluding hydrogens is 306 g/mol. The van der Waals surface area contributed by atoms with Gasteiger partial charge in [-0.25, -0.2) is 4.98 Å². The van der Waals surface area contributed by atoms with Crippen LogP contribution >= 0.6 is 12.4 Å². The van der Waals surface area contributed by atoms with Crippen LogP contribution in [0.4, 0.5) is 11.4 Å². The van der Waals surface area contributed by atoms with Gasteiger partial charge in [0.1, 0.15) is 11.6 Å². The molecule has 3 rings (SSSR count). The number of halogens is 1. The molecule has 2 aromatic carbocycles. The summed E-state index contributed by atoms with van der Waals surface area (Å²) in [5.41, 5.74) is 1.73. The SMILES string of the molecule is CC(O)Nc1c2ccccc2nc2cccc([N+](=O)[O-])c12.Cl. The molecule has 1 unspecified atom stereocenters. The van der Waals surface area contributed by atoms with Crippen molar-refractivity contribution >= 4 is 45.6 Å². The average molecular weight is 320 g/mol. The zero-order chi connectivity index (χ0) is 15.0. The van der Waals surface area contributed by atoms with Gasteiger partial charge in [0.05, 0.1) is 21.6 Å². The molecule has 2 N–H and O–H groups in total. The largest absolute Gasteiger partial charge is 0.374 e. The lowest BCUT2D eigenvalue weighted by Gasteiger charge is -2.15. The van der Waals surface area contributed by atoms with Gasteiger partial charge in [0.2, 0.25) is 0 Å². The number of aliphatic hydroxyl groups is 1. The van der Waals surface area contributed by atoms with E-state index in [1.54, 1.807) is 19.1 Å². The summed E-state index contributed by atoms with van der Waals surface area (Å²) < 4.78 is 0. The molecule has 1 heterocycles. The van der Waals surface area contributed by atoms with Crippen LogP contribution in [0.15, 0.2) is 42.5 Å². The van der Waals surface area contributed by atoms with E-state index in [-0.39, 0.29) is 18.1 Å². The van der Waals surface area contributed by atoms with Crippen molar-refractivity contribution < 1.29 is 10.0 Å². The topological polar surface area (TPSA) is 88.3 Å². The second-order valence-corrected chi connectivity index (χ2v) is 4.75. The van der Waals surface area contributed by atoms with E-state index in [0.717, 1.165) is 5.39 Å². The molecule has 6 nitrogen and oxygen atoms in total. The predicted octanol–water partition coefficient (Wildman–Crippen LogP) is 3.47. The van der Waals surface area contributed by atoms with Crippen molar-refractivity contribution in [3.63, 3.8) is 0 Å². The quantitative estimate of drug-likeness (QED) is 0.334. The second-order valence-electron chi connectivity index (χ2n) is 4.75. The molecule has 0 amide bonds. The molecule has 0 aliphatic carbocycles. The van der Waals surface area contributed by atoms with Crippen molar-refractivity contribution in [2.75, 3.05) is 5.32 Å². The van der Waals surface area contributed by atoms with Gasteiger partial charge in [-0.15, -0.1) is 12.4 Å². The molecule has 0 saturated carbocycles. The number of anilines is 1. The van der Waals surface area contributed by atoms with Crippen molar-refractivity contribution in [1.82, 2.24) is 4.98 Å². The molecule has 114 valence electrons. The third-order valence-corrected chi connectivity index (χ3v) is 3.23. The van der Waals surface area contributed by atoms with Crippen LogP contribution in [-0.2, 0) is 0 Å². The number of fused-ring (bicyclic) bond motifs is 2. The summed E-state index contributed by atoms with van der Waals surface area (Å²) >= 11 is 0. The Morgan fingerprint density at radius 2 is 1.86 bits per heavy atom. The number of nitrogens with one attached hydrogen (secondary N) is 1. The van der Waals surface area contributed by atoms with Gasteiger partial charge >= 0.3 is 0 Å². The van der Waals surface area contributed by atoms with Crippen LogP contribution in [0.1, 0.15) is 6.92 Å². The minimum atomic E-state index is -0.834. The summed E-state index contributed by atoms with van der Waals surface area (Å²) in [5, 5.41) is 25.0. The van der Waals surface area contributed by atoms with Gasteiger partial charge in [-0.3, -0.25) is 10.1 Å². The highest BCUT2D eigenvalue weighted by Crippen LogP contribution is 2.36. The van der Waals surface area contributed by atoms with Crippen LogP contribution in [0.3, 0.4) is 0 Å². The standard InChI is InChI=1S/C15H13N3O3.ClH/c1-9(19)16-15-10-5-2-3-6-11(10)17-12-7-4-8-13(14(12)15)18(20)21;/h2-9,19H,1H3,(H,16,17);1H. The fourth-order valence-corrected chi connectivity index (χ4v) is 2.44. The summed E-state index contributed by atoms with van der Waals surface area (Å²) in [5.74, 6) is 0. The van der Waals surface area contributed by atoms with E-state index in [0.29, 0.717) is 22.1 Å². The number of aliphatic hydroxyl groups excluding tert-OH is 1. The van der Waals surface area contributed by atoms with Gasteiger partial charge in [0.15, 0.2) is 0 Å². The van der Waals surface area contributed by atoms with Crippen LogP contribution < -0.4 is 5.32 Å². The lowest BCUT2D eigenvalue weighted by atomic mass is 10.1. The van der Waals surface area contributed by atoms with Gasteiger partial charge in [-0.1, -0.05) is 24.3 Å². The van der Waals surface area contributed by atoms with E-state index in [2.05, 4.69) is 10.3 Å². The first-order valence-corrected chi connectivity index (χ1v) is 6.48. The molecule has 0 bridgehead atoms. The Morgan fingerprint density at radius 3 is 2.55 bits per heavy atom. The van der Waals surface area contributed by atoms with Crippen molar-refractivity contribution in [2.24, 2.45) is 0 Å². The molecule has 0 aliphatic heterocycles. The Kier molecular flexibility index (Phi) is 4.44. The molecule has 1 aromatic heterocycles. The highest BCUT2D eigenvalue weighted by molar-refractivity contribution is 6.11. The van der Waals surface area contributed by atoms with Crippen LogP contribution in [0.25, 0.3) is 21.8 Å². The predicted molar refractivity (Wildman–Crippen MR) is 88.5 cm³/mol. The van der Waals surface area contributed by atoms with Crippen LogP contribution in [0.5, 0.6) is 0 Å². The first-order valence-electron chi connectivity index (χ1n) is 6.48. The average Bonchev–Trinajstić information content (AvgIpc) is 2.45. The number of rotatable bonds is 3. The second kappa shape index (κ2) is 6.13. The Balaban J connectivity index is 0.00000176. The molecule has 22 heavy (non-hydrogen) atoms. The minimum absolute atomic E-state index is 0. The van der Waals surface area contributed by atoms with E-state index < -0.39 is 11.2 Å². The molecule has 7 heteroatoms. The fraction of sp³-hybridized carbons (Fsp3) is 0.133.